The number of benzene rings is 1. The van der Waals surface area contributed by atoms with Crippen LogP contribution in [-0.2, 0) is 6.73 Å². The number of fused-ring (bicyclic) bond motifs is 3. The third-order valence-corrected chi connectivity index (χ3v) is 2.59. The number of nitrogens with zero attached hydrogens (tertiary/aromatic N) is 3. The Hall–Kier alpha value is -2.14. The van der Waals surface area contributed by atoms with Crippen molar-refractivity contribution in [3.05, 3.63) is 46.9 Å². The van der Waals surface area contributed by atoms with E-state index < -0.39 is 6.73 Å². The van der Waals surface area contributed by atoms with Crippen LogP contribution in [-0.4, -0.2) is 19.3 Å². The number of hydrogen-bond acceptors (Lipinski definition) is 3. The van der Waals surface area contributed by atoms with Crippen LogP contribution in [0.4, 0.5) is 0 Å². The van der Waals surface area contributed by atoms with Crippen LogP contribution in [0.1, 0.15) is 0 Å². The predicted octanol–water partition coefficient (Wildman–Crippen LogP) is 0.599. The maximum absolute atomic E-state index is 11.9. The van der Waals surface area contributed by atoms with Gasteiger partial charge in [0, 0.05) is 0 Å². The van der Waals surface area contributed by atoms with Gasteiger partial charge in [-0.05, 0) is 23.6 Å². The van der Waals surface area contributed by atoms with Crippen LogP contribution in [0, 0.1) is 0 Å². The number of para-hydroxylation sites is 1. The Morgan fingerprint density at radius 1 is 1.19 bits per heavy atom. The summed E-state index contributed by atoms with van der Waals surface area (Å²) in [6, 6.07) is 11.2. The lowest BCUT2D eigenvalue weighted by Gasteiger charge is -1.98. The van der Waals surface area contributed by atoms with Gasteiger partial charge in [-0.15, -0.1) is 5.10 Å². The molecule has 0 saturated heterocycles. The van der Waals surface area contributed by atoms with Gasteiger partial charge in [0.2, 0.25) is 0 Å². The number of aliphatic hydroxyl groups is 1. The second-order valence-corrected chi connectivity index (χ2v) is 3.51. The van der Waals surface area contributed by atoms with Crippen LogP contribution in [0.15, 0.2) is 41.2 Å². The summed E-state index contributed by atoms with van der Waals surface area (Å²) in [6.07, 6.45) is 0. The van der Waals surface area contributed by atoms with E-state index in [-0.39, 0.29) is 5.69 Å². The number of pyridine rings is 1. The minimum Gasteiger partial charge on any atom is -0.374 e. The summed E-state index contributed by atoms with van der Waals surface area (Å²) in [7, 11) is 0. The Morgan fingerprint density at radius 3 is 2.81 bits per heavy atom. The zero-order valence-corrected chi connectivity index (χ0v) is 8.37. The van der Waals surface area contributed by atoms with Crippen LogP contribution in [0.3, 0.4) is 0 Å². The summed E-state index contributed by atoms with van der Waals surface area (Å²) < 4.78 is 2.52. The summed E-state index contributed by atoms with van der Waals surface area (Å²) in [5.74, 6) is 0. The number of rotatable bonds is 1. The fourth-order valence-electron chi connectivity index (χ4n) is 1.85. The maximum atomic E-state index is 11.9. The van der Waals surface area contributed by atoms with Gasteiger partial charge in [0.15, 0.2) is 5.65 Å². The standard InChI is InChI=1S/C11H9N3O2/c15-7-13-11(16)14-9-4-2-1-3-8(9)5-6-10(14)12-13/h1-6,15H,7H2. The van der Waals surface area contributed by atoms with Crippen LogP contribution in [0.5, 0.6) is 0 Å². The highest BCUT2D eigenvalue weighted by atomic mass is 16.3. The summed E-state index contributed by atoms with van der Waals surface area (Å²) in [4.78, 5) is 11.9. The molecule has 0 amide bonds. The first-order valence-electron chi connectivity index (χ1n) is 4.89. The van der Waals surface area contributed by atoms with E-state index in [1.807, 2.05) is 30.3 Å². The molecule has 0 spiro atoms. The molecule has 0 aliphatic rings. The van der Waals surface area contributed by atoms with Crippen molar-refractivity contribution in [2.75, 3.05) is 0 Å². The quantitative estimate of drug-likeness (QED) is 0.646. The van der Waals surface area contributed by atoms with Crippen LogP contribution >= 0.6 is 0 Å². The van der Waals surface area contributed by atoms with Gasteiger partial charge in [0.05, 0.1) is 5.52 Å². The molecule has 2 heterocycles. The maximum Gasteiger partial charge on any atom is 0.353 e. The molecule has 3 aromatic rings. The fourth-order valence-corrected chi connectivity index (χ4v) is 1.85. The van der Waals surface area contributed by atoms with E-state index in [1.54, 1.807) is 6.07 Å². The fraction of sp³-hybridized carbons (Fsp3) is 0.0909. The Labute approximate surface area is 90.2 Å². The lowest BCUT2D eigenvalue weighted by molar-refractivity contribution is 0.191. The largest absolute Gasteiger partial charge is 0.374 e. The Bertz CT molecular complexity index is 727. The monoisotopic (exact) mass is 215 g/mol. The van der Waals surface area contributed by atoms with E-state index >= 15 is 0 Å². The zero-order chi connectivity index (χ0) is 11.1. The van der Waals surface area contributed by atoms with Crippen molar-refractivity contribution in [2.24, 2.45) is 0 Å². The molecule has 0 unspecified atom stereocenters. The normalized spacial score (nSPS) is 11.3. The van der Waals surface area contributed by atoms with Gasteiger partial charge in [-0.1, -0.05) is 18.2 Å². The molecule has 3 rings (SSSR count). The van der Waals surface area contributed by atoms with Gasteiger partial charge in [-0.3, -0.25) is 0 Å². The molecule has 2 aromatic heterocycles. The number of hydrogen-bond donors (Lipinski definition) is 1. The van der Waals surface area contributed by atoms with Crippen LogP contribution in [0.25, 0.3) is 16.6 Å². The second-order valence-electron chi connectivity index (χ2n) is 3.51. The molecule has 0 aliphatic heterocycles. The molecular weight excluding hydrogens is 206 g/mol. The minimum absolute atomic E-state index is 0.325. The van der Waals surface area contributed by atoms with Gasteiger partial charge >= 0.3 is 5.69 Å². The van der Waals surface area contributed by atoms with E-state index in [0.29, 0.717) is 5.65 Å². The van der Waals surface area contributed by atoms with E-state index in [9.17, 15) is 4.79 Å². The third kappa shape index (κ3) is 1.09. The number of aliphatic hydroxyl groups excluding tert-OH is 1. The molecule has 1 N–H and O–H groups in total. The highest BCUT2D eigenvalue weighted by Crippen LogP contribution is 2.13. The molecule has 16 heavy (non-hydrogen) atoms. The molecule has 0 saturated carbocycles. The van der Waals surface area contributed by atoms with E-state index in [0.717, 1.165) is 15.6 Å². The molecule has 5 nitrogen and oxygen atoms in total. The van der Waals surface area contributed by atoms with Crippen LogP contribution < -0.4 is 5.69 Å². The van der Waals surface area contributed by atoms with Crippen molar-refractivity contribution >= 4 is 16.6 Å². The van der Waals surface area contributed by atoms with Gasteiger partial charge in [-0.2, -0.15) is 4.68 Å². The van der Waals surface area contributed by atoms with E-state index in [2.05, 4.69) is 5.10 Å². The zero-order valence-electron chi connectivity index (χ0n) is 8.37. The first kappa shape index (κ1) is 9.11. The summed E-state index contributed by atoms with van der Waals surface area (Å²) >= 11 is 0. The summed E-state index contributed by atoms with van der Waals surface area (Å²) in [5, 5.41) is 13.9. The van der Waals surface area contributed by atoms with Crippen molar-refractivity contribution in [1.82, 2.24) is 14.2 Å². The molecule has 0 aliphatic carbocycles. The lowest BCUT2D eigenvalue weighted by Crippen LogP contribution is -2.21. The lowest BCUT2D eigenvalue weighted by atomic mass is 10.2. The highest BCUT2D eigenvalue weighted by molar-refractivity contribution is 5.81. The average Bonchev–Trinajstić information content (AvgIpc) is 2.66. The van der Waals surface area contributed by atoms with Gasteiger partial charge < -0.3 is 5.11 Å². The minimum atomic E-state index is -0.408. The topological polar surface area (TPSA) is 59.5 Å². The molecule has 5 heteroatoms. The summed E-state index contributed by atoms with van der Waals surface area (Å²) in [5.41, 5.74) is 1.01. The molecule has 0 radical (unpaired) electrons. The Kier molecular flexibility index (Phi) is 1.81. The molecule has 1 aromatic carbocycles. The first-order chi connectivity index (χ1) is 7.81. The van der Waals surface area contributed by atoms with Crippen molar-refractivity contribution in [1.29, 1.82) is 0 Å². The molecule has 0 fully saturated rings. The molecule has 0 atom stereocenters. The van der Waals surface area contributed by atoms with Gasteiger partial charge in [0.1, 0.15) is 6.73 Å². The number of aromatic nitrogens is 3. The van der Waals surface area contributed by atoms with E-state index in [4.69, 9.17) is 5.11 Å². The molecule has 80 valence electrons. The Morgan fingerprint density at radius 2 is 2.00 bits per heavy atom. The average molecular weight is 215 g/mol. The molecular formula is C11H9N3O2. The van der Waals surface area contributed by atoms with Crippen LogP contribution in [0.2, 0.25) is 0 Å². The second kappa shape index (κ2) is 3.18. The van der Waals surface area contributed by atoms with Crippen molar-refractivity contribution < 1.29 is 5.11 Å². The molecule has 0 bridgehead atoms. The van der Waals surface area contributed by atoms with E-state index in [1.165, 1.54) is 4.40 Å². The van der Waals surface area contributed by atoms with Gasteiger partial charge in [-0.25, -0.2) is 9.20 Å². The highest BCUT2D eigenvalue weighted by Gasteiger charge is 2.07. The predicted molar refractivity (Wildman–Crippen MR) is 59.2 cm³/mol. The van der Waals surface area contributed by atoms with Crippen molar-refractivity contribution in [2.45, 2.75) is 6.73 Å². The smallest absolute Gasteiger partial charge is 0.353 e. The Balaban J connectivity index is 2.59. The van der Waals surface area contributed by atoms with Crippen molar-refractivity contribution in [3.8, 4) is 0 Å². The van der Waals surface area contributed by atoms with Gasteiger partial charge in [0.25, 0.3) is 0 Å². The van der Waals surface area contributed by atoms with Crippen molar-refractivity contribution in [3.63, 3.8) is 0 Å². The SMILES string of the molecule is O=c1n(CO)nc2ccc3ccccc3n12. The third-order valence-electron chi connectivity index (χ3n) is 2.59. The first-order valence-corrected chi connectivity index (χ1v) is 4.89. The summed E-state index contributed by atoms with van der Waals surface area (Å²) in [6.45, 7) is -0.408.